The number of rotatable bonds is 13. The standard InChI is InChI=1S/C24H34N4O8/c1-13(2)20(28-21(32)16-4-3-11-25-16)23(34)27-18(12-14-5-7-15(29)8-6-14)22(33)26-17(24(35)36)9-10-19(30)31/h5-8,13,16-18,20,25,29H,3-4,9-12H2,1-2H3,(H,26,33)(H,27,34)(H,28,32)(H,30,31)(H,35,36). The lowest BCUT2D eigenvalue weighted by Gasteiger charge is -2.27. The summed E-state index contributed by atoms with van der Waals surface area (Å²) in [5.74, 6) is -4.68. The van der Waals surface area contributed by atoms with Crippen LogP contribution in [0.1, 0.15) is 45.1 Å². The first-order valence-electron chi connectivity index (χ1n) is 11.8. The molecule has 0 saturated carbocycles. The molecule has 0 radical (unpaired) electrons. The highest BCUT2D eigenvalue weighted by atomic mass is 16.4. The predicted molar refractivity (Wildman–Crippen MR) is 128 cm³/mol. The van der Waals surface area contributed by atoms with Gasteiger partial charge >= 0.3 is 11.9 Å². The van der Waals surface area contributed by atoms with Crippen molar-refractivity contribution in [1.82, 2.24) is 21.3 Å². The zero-order valence-electron chi connectivity index (χ0n) is 20.3. The number of hydrogen-bond acceptors (Lipinski definition) is 7. The Bertz CT molecular complexity index is 944. The van der Waals surface area contributed by atoms with Gasteiger partial charge in [0.2, 0.25) is 17.7 Å². The lowest BCUT2D eigenvalue weighted by atomic mass is 10.00. The topological polar surface area (TPSA) is 194 Å². The molecule has 0 aliphatic carbocycles. The third-order valence-electron chi connectivity index (χ3n) is 5.89. The molecule has 7 N–H and O–H groups in total. The molecular weight excluding hydrogens is 472 g/mol. The van der Waals surface area contributed by atoms with Crippen LogP contribution in [-0.4, -0.2) is 75.7 Å². The maximum absolute atomic E-state index is 13.2. The molecule has 2 rings (SSSR count). The van der Waals surface area contributed by atoms with Gasteiger partial charge in [-0.25, -0.2) is 4.79 Å². The van der Waals surface area contributed by atoms with Crippen LogP contribution >= 0.6 is 0 Å². The van der Waals surface area contributed by atoms with Crippen LogP contribution in [0.3, 0.4) is 0 Å². The number of phenols is 1. The second-order valence-electron chi connectivity index (χ2n) is 9.14. The number of nitrogens with one attached hydrogen (secondary N) is 4. The molecule has 4 unspecified atom stereocenters. The normalized spacial score (nSPS) is 17.6. The van der Waals surface area contributed by atoms with Crippen molar-refractivity contribution < 1.29 is 39.3 Å². The van der Waals surface area contributed by atoms with E-state index in [1.165, 1.54) is 12.1 Å². The van der Waals surface area contributed by atoms with Crippen molar-refractivity contribution in [3.63, 3.8) is 0 Å². The maximum Gasteiger partial charge on any atom is 0.326 e. The number of phenolic OH excluding ortho intramolecular Hbond substituents is 1. The number of carbonyl (C=O) groups is 5. The average molecular weight is 507 g/mol. The summed E-state index contributed by atoms with van der Waals surface area (Å²) < 4.78 is 0. The van der Waals surface area contributed by atoms with E-state index in [1.807, 2.05) is 0 Å². The molecule has 4 atom stereocenters. The van der Waals surface area contributed by atoms with Crippen LogP contribution in [0.15, 0.2) is 24.3 Å². The van der Waals surface area contributed by atoms with Crippen LogP contribution in [0.5, 0.6) is 5.75 Å². The van der Waals surface area contributed by atoms with E-state index in [0.717, 1.165) is 6.42 Å². The zero-order chi connectivity index (χ0) is 26.8. The summed E-state index contributed by atoms with van der Waals surface area (Å²) in [5.41, 5.74) is 0.575. The molecule has 0 bridgehead atoms. The van der Waals surface area contributed by atoms with E-state index >= 15 is 0 Å². The van der Waals surface area contributed by atoms with Gasteiger partial charge in [0.1, 0.15) is 23.9 Å². The lowest BCUT2D eigenvalue weighted by Crippen LogP contribution is -2.58. The van der Waals surface area contributed by atoms with Gasteiger partial charge in [0.25, 0.3) is 0 Å². The summed E-state index contributed by atoms with van der Waals surface area (Å²) in [6, 6.07) is 1.87. The van der Waals surface area contributed by atoms with Crippen LogP contribution in [0, 0.1) is 5.92 Å². The Morgan fingerprint density at radius 1 is 0.972 bits per heavy atom. The van der Waals surface area contributed by atoms with E-state index < -0.39 is 54.3 Å². The number of carboxylic acid groups (broad SMARTS) is 2. The van der Waals surface area contributed by atoms with Gasteiger partial charge in [-0.1, -0.05) is 26.0 Å². The van der Waals surface area contributed by atoms with Gasteiger partial charge in [-0.2, -0.15) is 0 Å². The largest absolute Gasteiger partial charge is 0.508 e. The molecule has 1 aliphatic heterocycles. The van der Waals surface area contributed by atoms with Crippen LogP contribution in [-0.2, 0) is 30.4 Å². The molecule has 0 aromatic heterocycles. The zero-order valence-corrected chi connectivity index (χ0v) is 20.3. The Kier molecular flexibility index (Phi) is 10.7. The van der Waals surface area contributed by atoms with E-state index in [9.17, 15) is 34.2 Å². The van der Waals surface area contributed by atoms with E-state index in [1.54, 1.807) is 26.0 Å². The number of carboxylic acids is 2. The molecule has 12 heteroatoms. The highest BCUT2D eigenvalue weighted by Gasteiger charge is 2.33. The second-order valence-corrected chi connectivity index (χ2v) is 9.14. The molecule has 198 valence electrons. The SMILES string of the molecule is CC(C)C(NC(=O)C1CCCN1)C(=O)NC(Cc1ccc(O)cc1)C(=O)NC(CCC(=O)O)C(=O)O. The van der Waals surface area contributed by atoms with Gasteiger partial charge in [0.15, 0.2) is 0 Å². The van der Waals surface area contributed by atoms with E-state index in [-0.39, 0.29) is 30.4 Å². The van der Waals surface area contributed by atoms with Gasteiger partial charge in [-0.05, 0) is 49.4 Å². The van der Waals surface area contributed by atoms with Crippen molar-refractivity contribution in [3.8, 4) is 5.75 Å². The van der Waals surface area contributed by atoms with Crippen molar-refractivity contribution in [2.24, 2.45) is 5.92 Å². The minimum Gasteiger partial charge on any atom is -0.508 e. The maximum atomic E-state index is 13.2. The first kappa shape index (κ1) is 28.6. The average Bonchev–Trinajstić information content (AvgIpc) is 3.35. The van der Waals surface area contributed by atoms with Gasteiger partial charge < -0.3 is 36.6 Å². The van der Waals surface area contributed by atoms with Gasteiger partial charge in [-0.15, -0.1) is 0 Å². The number of aliphatic carboxylic acids is 2. The van der Waals surface area contributed by atoms with E-state index in [4.69, 9.17) is 5.11 Å². The number of hydrogen-bond donors (Lipinski definition) is 7. The first-order chi connectivity index (χ1) is 17.0. The van der Waals surface area contributed by atoms with Gasteiger partial charge in [0, 0.05) is 12.8 Å². The number of benzene rings is 1. The van der Waals surface area contributed by atoms with Crippen LogP contribution in [0.25, 0.3) is 0 Å². The fourth-order valence-corrected chi connectivity index (χ4v) is 3.83. The molecular formula is C24H34N4O8. The summed E-state index contributed by atoms with van der Waals surface area (Å²) in [4.78, 5) is 61.2. The first-order valence-corrected chi connectivity index (χ1v) is 11.8. The van der Waals surface area contributed by atoms with Crippen molar-refractivity contribution in [2.45, 2.75) is 70.1 Å². The molecule has 1 aromatic rings. The summed E-state index contributed by atoms with van der Waals surface area (Å²) >= 11 is 0. The molecule has 36 heavy (non-hydrogen) atoms. The Morgan fingerprint density at radius 3 is 2.14 bits per heavy atom. The van der Waals surface area contributed by atoms with Crippen molar-refractivity contribution in [2.75, 3.05) is 6.54 Å². The summed E-state index contributed by atoms with van der Waals surface area (Å²) in [6.07, 6.45) is 0.652. The molecule has 1 heterocycles. The van der Waals surface area contributed by atoms with E-state index in [2.05, 4.69) is 21.3 Å². The molecule has 1 aliphatic rings. The Hall–Kier alpha value is -3.67. The van der Waals surface area contributed by atoms with Crippen LogP contribution in [0.2, 0.25) is 0 Å². The number of carbonyl (C=O) groups excluding carboxylic acids is 3. The fourth-order valence-electron chi connectivity index (χ4n) is 3.83. The molecule has 1 fully saturated rings. The van der Waals surface area contributed by atoms with Crippen molar-refractivity contribution in [1.29, 1.82) is 0 Å². The fraction of sp³-hybridized carbons (Fsp3) is 0.542. The Morgan fingerprint density at radius 2 is 1.61 bits per heavy atom. The van der Waals surface area contributed by atoms with Crippen molar-refractivity contribution >= 4 is 29.7 Å². The molecule has 3 amide bonds. The van der Waals surface area contributed by atoms with E-state index in [0.29, 0.717) is 18.5 Å². The highest BCUT2D eigenvalue weighted by molar-refractivity contribution is 5.94. The third-order valence-corrected chi connectivity index (χ3v) is 5.89. The Balaban J connectivity index is 2.20. The lowest BCUT2D eigenvalue weighted by molar-refractivity contribution is -0.143. The third kappa shape index (κ3) is 8.84. The van der Waals surface area contributed by atoms with Crippen LogP contribution < -0.4 is 21.3 Å². The monoisotopic (exact) mass is 506 g/mol. The molecule has 1 saturated heterocycles. The minimum absolute atomic E-state index is 0.00602. The minimum atomic E-state index is -1.47. The summed E-state index contributed by atoms with van der Waals surface area (Å²) in [7, 11) is 0. The quantitative estimate of drug-likeness (QED) is 0.189. The predicted octanol–water partition coefficient (Wildman–Crippen LogP) is -0.253. The number of aromatic hydroxyl groups is 1. The molecule has 1 aromatic carbocycles. The molecule has 12 nitrogen and oxygen atoms in total. The van der Waals surface area contributed by atoms with Gasteiger partial charge in [0.05, 0.1) is 6.04 Å². The van der Waals surface area contributed by atoms with Gasteiger partial charge in [-0.3, -0.25) is 19.2 Å². The number of amides is 3. The van der Waals surface area contributed by atoms with Crippen molar-refractivity contribution in [3.05, 3.63) is 29.8 Å². The summed E-state index contributed by atoms with van der Waals surface area (Å²) in [5, 5.41) is 38.5. The highest BCUT2D eigenvalue weighted by Crippen LogP contribution is 2.13. The second kappa shape index (κ2) is 13.4. The molecule has 0 spiro atoms. The smallest absolute Gasteiger partial charge is 0.326 e. The Labute approximate surface area is 208 Å². The van der Waals surface area contributed by atoms with Crippen LogP contribution in [0.4, 0.5) is 0 Å². The summed E-state index contributed by atoms with van der Waals surface area (Å²) in [6.45, 7) is 4.19.